The van der Waals surface area contributed by atoms with Gasteiger partial charge in [0.25, 0.3) is 5.91 Å². The third-order valence-corrected chi connectivity index (χ3v) is 4.78. The highest BCUT2D eigenvalue weighted by molar-refractivity contribution is 9.10. The number of fused-ring (bicyclic) bond motifs is 1. The fourth-order valence-corrected chi connectivity index (χ4v) is 3.27. The predicted octanol–water partition coefficient (Wildman–Crippen LogP) is 3.64. The summed E-state index contributed by atoms with van der Waals surface area (Å²) in [5, 5.41) is 3.18. The Kier molecular flexibility index (Phi) is 3.53. The average molecular weight is 374 g/mol. The summed E-state index contributed by atoms with van der Waals surface area (Å²) in [6, 6.07) is 13.3. The Morgan fingerprint density at radius 1 is 1.04 bits per heavy atom. The molecule has 0 spiro atoms. The zero-order valence-corrected chi connectivity index (χ0v) is 14.1. The van der Waals surface area contributed by atoms with Crippen molar-refractivity contribution in [3.05, 3.63) is 58.1 Å². The third-order valence-electron chi connectivity index (χ3n) is 4.28. The topological polar surface area (TPSA) is 47.6 Å². The van der Waals surface area contributed by atoms with E-state index in [0.29, 0.717) is 18.8 Å². The van der Waals surface area contributed by atoms with Gasteiger partial charge < -0.3 is 14.8 Å². The van der Waals surface area contributed by atoms with E-state index in [1.807, 2.05) is 42.5 Å². The fourth-order valence-electron chi connectivity index (χ4n) is 2.87. The maximum absolute atomic E-state index is 12.5. The van der Waals surface area contributed by atoms with Crippen LogP contribution in [0.15, 0.2) is 46.9 Å². The number of hydrogen-bond acceptors (Lipinski definition) is 3. The second-order valence-electron chi connectivity index (χ2n) is 5.91. The monoisotopic (exact) mass is 373 g/mol. The highest BCUT2D eigenvalue weighted by atomic mass is 79.9. The summed E-state index contributed by atoms with van der Waals surface area (Å²) in [4.78, 5) is 12.5. The highest BCUT2D eigenvalue weighted by Gasteiger charge is 2.46. The molecule has 1 aliphatic heterocycles. The molecule has 23 heavy (non-hydrogen) atoms. The van der Waals surface area contributed by atoms with Gasteiger partial charge in [0.05, 0.1) is 5.54 Å². The maximum atomic E-state index is 12.5. The Balaban J connectivity index is 1.58. The minimum Gasteiger partial charge on any atom is -0.486 e. The van der Waals surface area contributed by atoms with Crippen LogP contribution in [0.4, 0.5) is 0 Å². The summed E-state index contributed by atoms with van der Waals surface area (Å²) in [6.45, 7) is 1.14. The van der Waals surface area contributed by atoms with Gasteiger partial charge in [-0.25, -0.2) is 0 Å². The van der Waals surface area contributed by atoms with E-state index in [4.69, 9.17) is 9.47 Å². The lowest BCUT2D eigenvalue weighted by atomic mass is 10.0. The van der Waals surface area contributed by atoms with Crippen LogP contribution in [-0.2, 0) is 5.54 Å². The number of amides is 1. The van der Waals surface area contributed by atoms with Crippen molar-refractivity contribution in [2.24, 2.45) is 0 Å². The second kappa shape index (κ2) is 5.57. The number of halogens is 1. The lowest BCUT2D eigenvalue weighted by Gasteiger charge is -2.22. The Morgan fingerprint density at radius 3 is 2.57 bits per heavy atom. The zero-order chi connectivity index (χ0) is 15.9. The molecule has 118 valence electrons. The van der Waals surface area contributed by atoms with E-state index in [9.17, 15) is 4.79 Å². The Hall–Kier alpha value is -2.01. The molecule has 2 aromatic carbocycles. The van der Waals surface area contributed by atoms with Crippen molar-refractivity contribution < 1.29 is 14.3 Å². The maximum Gasteiger partial charge on any atom is 0.252 e. The van der Waals surface area contributed by atoms with Crippen LogP contribution < -0.4 is 14.8 Å². The molecule has 0 atom stereocenters. The summed E-state index contributed by atoms with van der Waals surface area (Å²) in [5.41, 5.74) is 1.45. The van der Waals surface area contributed by atoms with Crippen LogP contribution in [0.5, 0.6) is 11.5 Å². The van der Waals surface area contributed by atoms with E-state index in [1.165, 1.54) is 0 Å². The molecule has 1 fully saturated rings. The molecule has 0 radical (unpaired) electrons. The summed E-state index contributed by atoms with van der Waals surface area (Å²) >= 11 is 3.40. The van der Waals surface area contributed by atoms with Crippen molar-refractivity contribution in [3.8, 4) is 11.5 Å². The normalized spacial score (nSPS) is 17.4. The standard InChI is InChI=1S/C18H16BrNO3/c19-14-3-1-2-12(10-14)17(21)20-18(6-7-18)13-4-5-15-16(11-13)23-9-8-22-15/h1-5,10-11H,6-9H2,(H,20,21). The Morgan fingerprint density at radius 2 is 1.83 bits per heavy atom. The van der Waals surface area contributed by atoms with Crippen LogP contribution in [0.1, 0.15) is 28.8 Å². The Labute approximate surface area is 142 Å². The van der Waals surface area contributed by atoms with E-state index >= 15 is 0 Å². The molecule has 1 amide bonds. The largest absolute Gasteiger partial charge is 0.486 e. The molecule has 0 aromatic heterocycles. The van der Waals surface area contributed by atoms with Crippen molar-refractivity contribution in [1.82, 2.24) is 5.32 Å². The molecule has 1 saturated carbocycles. The first-order chi connectivity index (χ1) is 11.2. The lowest BCUT2D eigenvalue weighted by molar-refractivity contribution is 0.0930. The molecule has 1 heterocycles. The number of carbonyl (C=O) groups excluding carboxylic acids is 1. The van der Waals surface area contributed by atoms with Crippen LogP contribution in [0.3, 0.4) is 0 Å². The van der Waals surface area contributed by atoms with Crippen LogP contribution in [0, 0.1) is 0 Å². The minimum absolute atomic E-state index is 0.0568. The van der Waals surface area contributed by atoms with Crippen molar-refractivity contribution in [1.29, 1.82) is 0 Å². The van der Waals surface area contributed by atoms with Gasteiger partial charge in [-0.1, -0.05) is 28.1 Å². The fraction of sp³-hybridized carbons (Fsp3) is 0.278. The number of hydrogen-bond donors (Lipinski definition) is 1. The molecule has 5 heteroatoms. The molecule has 1 aliphatic carbocycles. The van der Waals surface area contributed by atoms with Gasteiger partial charge in [0.15, 0.2) is 11.5 Å². The van der Waals surface area contributed by atoms with Gasteiger partial charge in [0, 0.05) is 10.0 Å². The zero-order valence-electron chi connectivity index (χ0n) is 12.5. The van der Waals surface area contributed by atoms with Gasteiger partial charge in [-0.15, -0.1) is 0 Å². The first-order valence-corrected chi connectivity index (χ1v) is 8.44. The number of nitrogens with one attached hydrogen (secondary N) is 1. The molecule has 2 aliphatic rings. The van der Waals surface area contributed by atoms with Gasteiger partial charge >= 0.3 is 0 Å². The summed E-state index contributed by atoms with van der Waals surface area (Å²) in [7, 11) is 0. The molecule has 0 saturated heterocycles. The number of benzene rings is 2. The van der Waals surface area contributed by atoms with E-state index in [-0.39, 0.29) is 11.4 Å². The number of carbonyl (C=O) groups is 1. The third kappa shape index (κ3) is 2.81. The smallest absolute Gasteiger partial charge is 0.252 e. The van der Waals surface area contributed by atoms with Crippen molar-refractivity contribution >= 4 is 21.8 Å². The van der Waals surface area contributed by atoms with Gasteiger partial charge in [-0.3, -0.25) is 4.79 Å². The van der Waals surface area contributed by atoms with Gasteiger partial charge in [0.2, 0.25) is 0 Å². The molecule has 1 N–H and O–H groups in total. The van der Waals surface area contributed by atoms with E-state index < -0.39 is 0 Å². The van der Waals surface area contributed by atoms with Gasteiger partial charge in [-0.2, -0.15) is 0 Å². The van der Waals surface area contributed by atoms with Gasteiger partial charge in [-0.05, 0) is 48.7 Å². The second-order valence-corrected chi connectivity index (χ2v) is 6.82. The Bertz CT molecular complexity index is 771. The SMILES string of the molecule is O=C(NC1(c2ccc3c(c2)OCCO3)CC1)c1cccc(Br)c1. The van der Waals surface area contributed by atoms with Crippen LogP contribution >= 0.6 is 15.9 Å². The summed E-state index contributed by atoms with van der Waals surface area (Å²) in [6.07, 6.45) is 1.87. The van der Waals surface area contributed by atoms with Crippen LogP contribution in [0.25, 0.3) is 0 Å². The summed E-state index contributed by atoms with van der Waals surface area (Å²) < 4.78 is 12.1. The first-order valence-electron chi connectivity index (χ1n) is 7.65. The van der Waals surface area contributed by atoms with Crippen molar-refractivity contribution in [3.63, 3.8) is 0 Å². The van der Waals surface area contributed by atoms with Crippen LogP contribution in [-0.4, -0.2) is 19.1 Å². The lowest BCUT2D eigenvalue weighted by Crippen LogP contribution is -2.35. The predicted molar refractivity (Wildman–Crippen MR) is 90.0 cm³/mol. The van der Waals surface area contributed by atoms with Gasteiger partial charge in [0.1, 0.15) is 13.2 Å². The quantitative estimate of drug-likeness (QED) is 0.893. The molecule has 0 unspecified atom stereocenters. The minimum atomic E-state index is -0.283. The van der Waals surface area contributed by atoms with Crippen molar-refractivity contribution in [2.45, 2.75) is 18.4 Å². The summed E-state index contributed by atoms with van der Waals surface area (Å²) in [5.74, 6) is 1.48. The molecule has 4 nitrogen and oxygen atoms in total. The van der Waals surface area contributed by atoms with E-state index in [1.54, 1.807) is 0 Å². The average Bonchev–Trinajstić information content (AvgIpc) is 3.35. The number of ether oxygens (including phenoxy) is 2. The molecule has 2 aromatic rings. The molecular weight excluding hydrogens is 358 g/mol. The first kappa shape index (κ1) is 14.6. The molecule has 0 bridgehead atoms. The van der Waals surface area contributed by atoms with E-state index in [0.717, 1.165) is 34.4 Å². The molecule has 4 rings (SSSR count). The molecular formula is C18H16BrNO3. The number of rotatable bonds is 3. The highest BCUT2D eigenvalue weighted by Crippen LogP contribution is 2.48. The van der Waals surface area contributed by atoms with Crippen LogP contribution in [0.2, 0.25) is 0 Å². The van der Waals surface area contributed by atoms with Crippen molar-refractivity contribution in [2.75, 3.05) is 13.2 Å². The van der Waals surface area contributed by atoms with E-state index in [2.05, 4.69) is 21.2 Å².